The molecule has 0 aromatic heterocycles. The number of nitrogens with two attached hydrogens (primary N) is 1. The van der Waals surface area contributed by atoms with Gasteiger partial charge in [0, 0.05) is 13.1 Å². The highest BCUT2D eigenvalue weighted by Crippen LogP contribution is 2.31. The summed E-state index contributed by atoms with van der Waals surface area (Å²) in [4.78, 5) is 25.1. The monoisotopic (exact) mass is 256 g/mol. The van der Waals surface area contributed by atoms with E-state index in [9.17, 15) is 14.7 Å². The second-order valence-electron chi connectivity index (χ2n) is 6.57. The summed E-state index contributed by atoms with van der Waals surface area (Å²) >= 11 is 0. The molecule has 0 aromatic rings. The van der Waals surface area contributed by atoms with Gasteiger partial charge in [-0.15, -0.1) is 0 Å². The lowest BCUT2D eigenvalue weighted by molar-refractivity contribution is -0.154. The Balaban J connectivity index is 2.79. The fourth-order valence-electron chi connectivity index (χ4n) is 2.17. The second kappa shape index (κ2) is 4.88. The summed E-state index contributed by atoms with van der Waals surface area (Å²) in [5.74, 6) is -0.987. The van der Waals surface area contributed by atoms with E-state index in [-0.39, 0.29) is 17.9 Å². The van der Waals surface area contributed by atoms with E-state index >= 15 is 0 Å². The van der Waals surface area contributed by atoms with Gasteiger partial charge in [0.05, 0.1) is 11.5 Å². The quantitative estimate of drug-likeness (QED) is 0.774. The average Bonchev–Trinajstić information content (AvgIpc) is 2.25. The maximum absolute atomic E-state index is 12.3. The third-order valence-electron chi connectivity index (χ3n) is 3.72. The molecule has 104 valence electrons. The summed E-state index contributed by atoms with van der Waals surface area (Å²) in [5, 5.41) is 9.23. The molecule has 1 unspecified atom stereocenters. The number of carboxylic acid groups (broad SMARTS) is 1. The summed E-state index contributed by atoms with van der Waals surface area (Å²) in [7, 11) is 0. The zero-order chi connectivity index (χ0) is 14.1. The van der Waals surface area contributed by atoms with Crippen molar-refractivity contribution in [1.29, 1.82) is 0 Å². The first-order chi connectivity index (χ1) is 8.08. The van der Waals surface area contributed by atoms with E-state index < -0.39 is 17.4 Å². The summed E-state index contributed by atoms with van der Waals surface area (Å²) in [6.07, 6.45) is 1.32. The van der Waals surface area contributed by atoms with Crippen molar-refractivity contribution in [3.8, 4) is 0 Å². The Hall–Kier alpha value is -1.10. The van der Waals surface area contributed by atoms with Gasteiger partial charge in [0.2, 0.25) is 5.91 Å². The van der Waals surface area contributed by atoms with Crippen LogP contribution < -0.4 is 5.73 Å². The van der Waals surface area contributed by atoms with Gasteiger partial charge in [0.25, 0.3) is 0 Å². The third kappa shape index (κ3) is 3.02. The van der Waals surface area contributed by atoms with E-state index in [1.165, 1.54) is 0 Å². The number of rotatable bonds is 2. The van der Waals surface area contributed by atoms with Gasteiger partial charge in [-0.2, -0.15) is 0 Å². The van der Waals surface area contributed by atoms with Crippen molar-refractivity contribution in [3.63, 3.8) is 0 Å². The van der Waals surface area contributed by atoms with Gasteiger partial charge in [-0.1, -0.05) is 20.8 Å². The number of piperidine rings is 1. The number of likely N-dealkylation sites (tertiary alicyclic amines) is 1. The van der Waals surface area contributed by atoms with Crippen LogP contribution in [0.3, 0.4) is 0 Å². The standard InChI is InChI=1S/C13H24N2O3/c1-12(2,3)9(14)10(16)15-7-5-6-13(4,8-15)11(17)18/h9H,5-8,14H2,1-4H3,(H,17,18)/t9-,13?/m1/s1. The minimum absolute atomic E-state index is 0.144. The summed E-state index contributed by atoms with van der Waals surface area (Å²) in [5.41, 5.74) is 4.80. The Labute approximate surface area is 108 Å². The van der Waals surface area contributed by atoms with Crippen molar-refractivity contribution in [2.45, 2.75) is 46.6 Å². The zero-order valence-corrected chi connectivity index (χ0v) is 11.7. The molecule has 1 saturated heterocycles. The summed E-state index contributed by atoms with van der Waals surface area (Å²) in [6.45, 7) is 8.29. The van der Waals surface area contributed by atoms with Crippen molar-refractivity contribution < 1.29 is 14.7 Å². The van der Waals surface area contributed by atoms with Gasteiger partial charge in [0.15, 0.2) is 0 Å². The van der Waals surface area contributed by atoms with Crippen LogP contribution in [-0.4, -0.2) is 41.0 Å². The van der Waals surface area contributed by atoms with E-state index in [2.05, 4.69) is 0 Å². The Bertz CT molecular complexity index is 349. The lowest BCUT2D eigenvalue weighted by Crippen LogP contribution is -2.55. The van der Waals surface area contributed by atoms with Crippen LogP contribution in [-0.2, 0) is 9.59 Å². The Morgan fingerprint density at radius 3 is 2.39 bits per heavy atom. The van der Waals surface area contributed by atoms with Crippen LogP contribution in [0, 0.1) is 10.8 Å². The number of hydrogen-bond donors (Lipinski definition) is 2. The molecule has 0 saturated carbocycles. The van der Waals surface area contributed by atoms with Gasteiger partial charge in [0.1, 0.15) is 0 Å². The predicted molar refractivity (Wildman–Crippen MR) is 69.0 cm³/mol. The molecule has 0 aliphatic carbocycles. The predicted octanol–water partition coefficient (Wildman–Crippen LogP) is 1.07. The van der Waals surface area contributed by atoms with Gasteiger partial charge >= 0.3 is 5.97 Å². The molecule has 3 N–H and O–H groups in total. The van der Waals surface area contributed by atoms with Crippen LogP contribution in [0.1, 0.15) is 40.5 Å². The number of carboxylic acids is 1. The van der Waals surface area contributed by atoms with E-state index in [1.54, 1.807) is 11.8 Å². The van der Waals surface area contributed by atoms with Crippen LogP contribution in [0.5, 0.6) is 0 Å². The van der Waals surface area contributed by atoms with Gasteiger partial charge in [-0.25, -0.2) is 0 Å². The topological polar surface area (TPSA) is 83.6 Å². The molecule has 2 atom stereocenters. The second-order valence-corrected chi connectivity index (χ2v) is 6.57. The highest BCUT2D eigenvalue weighted by atomic mass is 16.4. The number of aliphatic carboxylic acids is 1. The van der Waals surface area contributed by atoms with Gasteiger partial charge in [-0.05, 0) is 25.2 Å². The zero-order valence-electron chi connectivity index (χ0n) is 11.7. The lowest BCUT2D eigenvalue weighted by Gasteiger charge is -2.40. The lowest BCUT2D eigenvalue weighted by atomic mass is 9.80. The molecular weight excluding hydrogens is 232 g/mol. The molecular formula is C13H24N2O3. The average molecular weight is 256 g/mol. The van der Waals surface area contributed by atoms with Crippen LogP contribution in [0.4, 0.5) is 0 Å². The van der Waals surface area contributed by atoms with Gasteiger partial charge < -0.3 is 15.7 Å². The fraction of sp³-hybridized carbons (Fsp3) is 0.846. The first-order valence-electron chi connectivity index (χ1n) is 6.36. The normalized spacial score (nSPS) is 26.8. The third-order valence-corrected chi connectivity index (χ3v) is 3.72. The minimum Gasteiger partial charge on any atom is -0.481 e. The van der Waals surface area contributed by atoms with Crippen LogP contribution in [0.15, 0.2) is 0 Å². The minimum atomic E-state index is -0.843. The molecule has 1 amide bonds. The molecule has 5 heteroatoms. The number of hydrogen-bond acceptors (Lipinski definition) is 3. The number of carbonyl (C=O) groups is 2. The summed E-state index contributed by atoms with van der Waals surface area (Å²) in [6, 6.07) is -0.589. The molecule has 1 heterocycles. The Morgan fingerprint density at radius 2 is 1.94 bits per heavy atom. The smallest absolute Gasteiger partial charge is 0.311 e. The van der Waals surface area contributed by atoms with Crippen molar-refractivity contribution >= 4 is 11.9 Å². The Morgan fingerprint density at radius 1 is 1.39 bits per heavy atom. The molecule has 0 radical (unpaired) electrons. The maximum Gasteiger partial charge on any atom is 0.311 e. The molecule has 1 rings (SSSR count). The van der Waals surface area contributed by atoms with Gasteiger partial charge in [-0.3, -0.25) is 9.59 Å². The number of carbonyl (C=O) groups excluding carboxylic acids is 1. The summed E-state index contributed by atoms with van der Waals surface area (Å²) < 4.78 is 0. The van der Waals surface area contributed by atoms with Crippen molar-refractivity contribution in [2.24, 2.45) is 16.6 Å². The van der Waals surface area contributed by atoms with Crippen LogP contribution >= 0.6 is 0 Å². The molecule has 18 heavy (non-hydrogen) atoms. The molecule has 0 bridgehead atoms. The SMILES string of the molecule is CC1(C(=O)O)CCCN(C(=O)[C@@H](N)C(C)(C)C)C1. The first-order valence-corrected chi connectivity index (χ1v) is 6.36. The van der Waals surface area contributed by atoms with E-state index in [4.69, 9.17) is 5.73 Å². The van der Waals surface area contributed by atoms with Crippen molar-refractivity contribution in [2.75, 3.05) is 13.1 Å². The van der Waals surface area contributed by atoms with Crippen molar-refractivity contribution in [3.05, 3.63) is 0 Å². The van der Waals surface area contributed by atoms with Crippen LogP contribution in [0.2, 0.25) is 0 Å². The highest BCUT2D eigenvalue weighted by Gasteiger charge is 2.41. The maximum atomic E-state index is 12.3. The molecule has 1 aliphatic rings. The van der Waals surface area contributed by atoms with E-state index in [1.807, 2.05) is 20.8 Å². The molecule has 0 aromatic carbocycles. The first kappa shape index (κ1) is 15.0. The van der Waals surface area contributed by atoms with E-state index in [0.717, 1.165) is 0 Å². The van der Waals surface area contributed by atoms with Crippen LogP contribution in [0.25, 0.3) is 0 Å². The molecule has 0 spiro atoms. The molecule has 5 nitrogen and oxygen atoms in total. The number of nitrogens with zero attached hydrogens (tertiary/aromatic N) is 1. The number of amides is 1. The largest absolute Gasteiger partial charge is 0.481 e. The van der Waals surface area contributed by atoms with E-state index in [0.29, 0.717) is 19.4 Å². The van der Waals surface area contributed by atoms with Crippen molar-refractivity contribution in [1.82, 2.24) is 4.90 Å². The fourth-order valence-corrected chi connectivity index (χ4v) is 2.17. The highest BCUT2D eigenvalue weighted by molar-refractivity contribution is 5.84. The Kier molecular flexibility index (Phi) is 4.05. The molecule has 1 aliphatic heterocycles. The molecule has 1 fully saturated rings.